The quantitative estimate of drug-likeness (QED) is 0.695. The lowest BCUT2D eigenvalue weighted by Crippen LogP contribution is -2.14. The Morgan fingerprint density at radius 3 is 2.70 bits per heavy atom. The van der Waals surface area contributed by atoms with E-state index in [1.165, 1.54) is 28.3 Å². The minimum atomic E-state index is -4.44. The van der Waals surface area contributed by atoms with Gasteiger partial charge in [0.2, 0.25) is 0 Å². The van der Waals surface area contributed by atoms with Crippen molar-refractivity contribution < 1.29 is 18.0 Å². The number of benzene rings is 1. The molecular formula is C18H15F3N4OS. The second-order valence-corrected chi connectivity index (χ2v) is 7.64. The first-order chi connectivity index (χ1) is 12.8. The average molecular weight is 392 g/mol. The molecule has 2 heterocycles. The van der Waals surface area contributed by atoms with E-state index in [2.05, 4.69) is 15.4 Å². The molecule has 140 valence electrons. The molecule has 1 saturated carbocycles. The van der Waals surface area contributed by atoms with Crippen molar-refractivity contribution in [3.05, 3.63) is 58.4 Å². The van der Waals surface area contributed by atoms with Crippen LogP contribution in [0.15, 0.2) is 36.7 Å². The van der Waals surface area contributed by atoms with Crippen LogP contribution in [0.1, 0.15) is 45.3 Å². The molecule has 4 rings (SSSR count). The summed E-state index contributed by atoms with van der Waals surface area (Å²) in [6.07, 6.45) is 0.381. The van der Waals surface area contributed by atoms with Gasteiger partial charge < -0.3 is 0 Å². The Morgan fingerprint density at radius 1 is 1.30 bits per heavy atom. The summed E-state index contributed by atoms with van der Waals surface area (Å²) in [4.78, 5) is 17.7. The van der Waals surface area contributed by atoms with E-state index in [4.69, 9.17) is 0 Å². The van der Waals surface area contributed by atoms with E-state index in [1.807, 2.05) is 6.92 Å². The van der Waals surface area contributed by atoms with Crippen molar-refractivity contribution in [2.24, 2.45) is 0 Å². The normalized spacial score (nSPS) is 14.4. The second-order valence-electron chi connectivity index (χ2n) is 6.41. The van der Waals surface area contributed by atoms with Crippen molar-refractivity contribution in [2.75, 3.05) is 5.32 Å². The Bertz CT molecular complexity index is 1000. The van der Waals surface area contributed by atoms with Crippen LogP contribution in [0.25, 0.3) is 5.69 Å². The third-order valence-electron chi connectivity index (χ3n) is 4.27. The summed E-state index contributed by atoms with van der Waals surface area (Å²) in [7, 11) is 0. The molecule has 0 radical (unpaired) electrons. The van der Waals surface area contributed by atoms with Gasteiger partial charge in [0.05, 0.1) is 28.7 Å². The van der Waals surface area contributed by atoms with Crippen LogP contribution in [0.3, 0.4) is 0 Å². The third kappa shape index (κ3) is 3.59. The van der Waals surface area contributed by atoms with Gasteiger partial charge in [-0.25, -0.2) is 9.67 Å². The molecule has 1 N–H and O–H groups in total. The van der Waals surface area contributed by atoms with Gasteiger partial charge in [0.25, 0.3) is 5.91 Å². The minimum Gasteiger partial charge on any atom is -0.298 e. The SMILES string of the molecule is Cc1cnc(NC(=O)c2cnn(-c3cccc(C(F)(F)F)c3)c2C2CC2)s1. The molecule has 0 aliphatic heterocycles. The zero-order chi connectivity index (χ0) is 19.2. The number of hydrogen-bond acceptors (Lipinski definition) is 4. The molecule has 2 aromatic heterocycles. The monoisotopic (exact) mass is 392 g/mol. The van der Waals surface area contributed by atoms with E-state index in [-0.39, 0.29) is 17.5 Å². The zero-order valence-corrected chi connectivity index (χ0v) is 15.1. The summed E-state index contributed by atoms with van der Waals surface area (Å²) in [6.45, 7) is 1.88. The van der Waals surface area contributed by atoms with E-state index in [9.17, 15) is 18.0 Å². The molecule has 0 saturated heterocycles. The highest BCUT2D eigenvalue weighted by atomic mass is 32.1. The van der Waals surface area contributed by atoms with Crippen LogP contribution in [0.4, 0.5) is 18.3 Å². The van der Waals surface area contributed by atoms with Crippen LogP contribution < -0.4 is 5.32 Å². The van der Waals surface area contributed by atoms with E-state index >= 15 is 0 Å². The van der Waals surface area contributed by atoms with Gasteiger partial charge in [0, 0.05) is 17.0 Å². The number of aromatic nitrogens is 3. The minimum absolute atomic E-state index is 0.112. The molecule has 1 aliphatic carbocycles. The number of rotatable bonds is 4. The highest BCUT2D eigenvalue weighted by molar-refractivity contribution is 7.15. The van der Waals surface area contributed by atoms with E-state index in [0.717, 1.165) is 29.9 Å². The summed E-state index contributed by atoms with van der Waals surface area (Å²) < 4.78 is 40.5. The van der Waals surface area contributed by atoms with Crippen molar-refractivity contribution >= 4 is 22.4 Å². The van der Waals surface area contributed by atoms with Crippen molar-refractivity contribution in [3.8, 4) is 5.69 Å². The van der Waals surface area contributed by atoms with Crippen molar-refractivity contribution in [1.82, 2.24) is 14.8 Å². The maximum Gasteiger partial charge on any atom is 0.416 e. The molecule has 1 fully saturated rings. The lowest BCUT2D eigenvalue weighted by molar-refractivity contribution is -0.137. The van der Waals surface area contributed by atoms with Crippen LogP contribution in [-0.2, 0) is 6.18 Å². The number of hydrogen-bond donors (Lipinski definition) is 1. The second kappa shape index (κ2) is 6.49. The number of nitrogens with zero attached hydrogens (tertiary/aromatic N) is 3. The van der Waals surface area contributed by atoms with Crippen molar-refractivity contribution in [3.63, 3.8) is 0 Å². The molecule has 9 heteroatoms. The molecule has 0 unspecified atom stereocenters. The highest BCUT2D eigenvalue weighted by Gasteiger charge is 2.34. The molecule has 1 amide bonds. The van der Waals surface area contributed by atoms with Crippen molar-refractivity contribution in [2.45, 2.75) is 31.9 Å². The van der Waals surface area contributed by atoms with Crippen LogP contribution >= 0.6 is 11.3 Å². The van der Waals surface area contributed by atoms with Gasteiger partial charge in [0.1, 0.15) is 0 Å². The summed E-state index contributed by atoms with van der Waals surface area (Å²) >= 11 is 1.35. The Morgan fingerprint density at radius 2 is 2.07 bits per heavy atom. The van der Waals surface area contributed by atoms with E-state index < -0.39 is 11.7 Å². The van der Waals surface area contributed by atoms with Crippen LogP contribution in [-0.4, -0.2) is 20.7 Å². The molecule has 3 aromatic rings. The fourth-order valence-electron chi connectivity index (χ4n) is 2.88. The summed E-state index contributed by atoms with van der Waals surface area (Å²) in [6, 6.07) is 4.96. The molecule has 1 aliphatic rings. The number of aryl methyl sites for hydroxylation is 1. The first-order valence-corrected chi connectivity index (χ1v) is 9.14. The fraction of sp³-hybridized carbons (Fsp3) is 0.278. The fourth-order valence-corrected chi connectivity index (χ4v) is 3.54. The number of halogens is 3. The van der Waals surface area contributed by atoms with Crippen LogP contribution in [0.5, 0.6) is 0 Å². The smallest absolute Gasteiger partial charge is 0.298 e. The zero-order valence-electron chi connectivity index (χ0n) is 14.2. The lowest BCUT2D eigenvalue weighted by atomic mass is 10.1. The predicted molar refractivity (Wildman–Crippen MR) is 95.3 cm³/mol. The van der Waals surface area contributed by atoms with Crippen LogP contribution in [0.2, 0.25) is 0 Å². The molecule has 5 nitrogen and oxygen atoms in total. The first-order valence-electron chi connectivity index (χ1n) is 8.32. The largest absolute Gasteiger partial charge is 0.416 e. The maximum absolute atomic E-state index is 13.0. The molecule has 0 spiro atoms. The van der Waals surface area contributed by atoms with Gasteiger partial charge >= 0.3 is 6.18 Å². The number of carbonyl (C=O) groups is 1. The molecule has 0 bridgehead atoms. The Hall–Kier alpha value is -2.68. The maximum atomic E-state index is 13.0. The molecular weight excluding hydrogens is 377 g/mol. The Labute approximate surface area is 156 Å². The van der Waals surface area contributed by atoms with E-state index in [1.54, 1.807) is 12.3 Å². The van der Waals surface area contributed by atoms with Gasteiger partial charge in [-0.2, -0.15) is 18.3 Å². The molecule has 27 heavy (non-hydrogen) atoms. The number of carbonyl (C=O) groups excluding carboxylic acids is 1. The van der Waals surface area contributed by atoms with Gasteiger partial charge in [-0.3, -0.25) is 10.1 Å². The number of amides is 1. The Balaban J connectivity index is 1.70. The summed E-state index contributed by atoms with van der Waals surface area (Å²) in [5, 5.41) is 7.43. The number of alkyl halides is 3. The van der Waals surface area contributed by atoms with E-state index in [0.29, 0.717) is 16.4 Å². The van der Waals surface area contributed by atoms with Gasteiger partial charge in [0.15, 0.2) is 5.13 Å². The molecule has 0 atom stereocenters. The highest BCUT2D eigenvalue weighted by Crippen LogP contribution is 2.43. The summed E-state index contributed by atoms with van der Waals surface area (Å²) in [5.74, 6) is -0.245. The van der Waals surface area contributed by atoms with Crippen molar-refractivity contribution in [1.29, 1.82) is 0 Å². The van der Waals surface area contributed by atoms with Gasteiger partial charge in [-0.15, -0.1) is 11.3 Å². The molecule has 1 aromatic carbocycles. The average Bonchev–Trinajstić information content (AvgIpc) is 3.22. The first kappa shape index (κ1) is 17.7. The lowest BCUT2D eigenvalue weighted by Gasteiger charge is -2.12. The summed E-state index contributed by atoms with van der Waals surface area (Å²) in [5.41, 5.74) is 0.542. The Kier molecular flexibility index (Phi) is 4.26. The topological polar surface area (TPSA) is 59.8 Å². The van der Waals surface area contributed by atoms with Gasteiger partial charge in [-0.1, -0.05) is 6.07 Å². The predicted octanol–water partition coefficient (Wildman–Crippen LogP) is 4.79. The third-order valence-corrected chi connectivity index (χ3v) is 5.10. The van der Waals surface area contributed by atoms with Gasteiger partial charge in [-0.05, 0) is 38.0 Å². The standard InChI is InChI=1S/C18H15F3N4OS/c1-10-8-22-17(27-10)24-16(26)14-9-23-25(15(14)11-5-6-11)13-4-2-3-12(7-13)18(19,20)21/h2-4,7-9,11H,5-6H2,1H3,(H,22,24,26). The number of anilines is 1. The number of thiazole rings is 1. The number of nitrogens with one attached hydrogen (secondary N) is 1. The van der Waals surface area contributed by atoms with Crippen LogP contribution in [0, 0.1) is 6.92 Å².